The summed E-state index contributed by atoms with van der Waals surface area (Å²) >= 11 is 3.45. The van der Waals surface area contributed by atoms with E-state index in [4.69, 9.17) is 0 Å². The van der Waals surface area contributed by atoms with Crippen LogP contribution in [0.1, 0.15) is 12.8 Å². The van der Waals surface area contributed by atoms with Crippen molar-refractivity contribution in [3.05, 3.63) is 30.1 Å². The summed E-state index contributed by atoms with van der Waals surface area (Å²) < 4.78 is 13.7. The van der Waals surface area contributed by atoms with Gasteiger partial charge in [-0.2, -0.15) is 0 Å². The van der Waals surface area contributed by atoms with Crippen molar-refractivity contribution in [2.75, 3.05) is 43.0 Å². The van der Waals surface area contributed by atoms with E-state index in [1.165, 1.54) is 18.9 Å². The van der Waals surface area contributed by atoms with Crippen molar-refractivity contribution in [1.29, 1.82) is 0 Å². The van der Waals surface area contributed by atoms with Gasteiger partial charge in [0.2, 0.25) is 0 Å². The van der Waals surface area contributed by atoms with Crippen LogP contribution < -0.4 is 4.90 Å². The first kappa shape index (κ1) is 13.8. The number of benzene rings is 1. The van der Waals surface area contributed by atoms with E-state index in [1.54, 1.807) is 6.07 Å². The zero-order valence-electron chi connectivity index (χ0n) is 10.6. The van der Waals surface area contributed by atoms with Gasteiger partial charge in [0, 0.05) is 31.5 Å². The largest absolute Gasteiger partial charge is 0.367 e. The zero-order valence-corrected chi connectivity index (χ0v) is 12.2. The second-order valence-corrected chi connectivity index (χ2v) is 5.47. The van der Waals surface area contributed by atoms with Crippen LogP contribution in [-0.4, -0.2) is 43.0 Å². The van der Waals surface area contributed by atoms with Gasteiger partial charge in [0.05, 0.1) is 5.69 Å². The van der Waals surface area contributed by atoms with Crippen molar-refractivity contribution < 1.29 is 4.39 Å². The Labute approximate surface area is 117 Å². The predicted molar refractivity (Wildman–Crippen MR) is 78.1 cm³/mol. The molecule has 1 aliphatic rings. The first-order chi connectivity index (χ1) is 8.81. The standard InChI is InChI=1S/C14H20BrFN2/c15-7-3-4-8-17-9-11-18(12-10-17)14-6-2-1-5-13(14)16/h1-2,5-6H,3-4,7-12H2. The van der Waals surface area contributed by atoms with Crippen molar-refractivity contribution in [2.45, 2.75) is 12.8 Å². The Balaban J connectivity index is 1.81. The van der Waals surface area contributed by atoms with Crippen LogP contribution >= 0.6 is 15.9 Å². The van der Waals surface area contributed by atoms with Crippen molar-refractivity contribution in [3.63, 3.8) is 0 Å². The molecule has 0 bridgehead atoms. The summed E-state index contributed by atoms with van der Waals surface area (Å²) in [6.07, 6.45) is 2.47. The molecule has 0 N–H and O–H groups in total. The second-order valence-electron chi connectivity index (χ2n) is 4.68. The summed E-state index contributed by atoms with van der Waals surface area (Å²) in [6.45, 7) is 5.09. The zero-order chi connectivity index (χ0) is 12.8. The van der Waals surface area contributed by atoms with Crippen LogP contribution in [0.15, 0.2) is 24.3 Å². The lowest BCUT2D eigenvalue weighted by atomic mass is 10.2. The van der Waals surface area contributed by atoms with Crippen molar-refractivity contribution in [3.8, 4) is 0 Å². The number of halogens is 2. The first-order valence-corrected chi connectivity index (χ1v) is 7.71. The van der Waals surface area contributed by atoms with Crippen LogP contribution in [0.4, 0.5) is 10.1 Å². The maximum atomic E-state index is 13.7. The molecule has 0 spiro atoms. The van der Waals surface area contributed by atoms with E-state index in [0.29, 0.717) is 0 Å². The monoisotopic (exact) mass is 314 g/mol. The molecule has 0 unspecified atom stereocenters. The van der Waals surface area contributed by atoms with Gasteiger partial charge in [0.25, 0.3) is 0 Å². The van der Waals surface area contributed by atoms with Gasteiger partial charge in [0.15, 0.2) is 0 Å². The molecule has 1 saturated heterocycles. The molecule has 0 amide bonds. The van der Waals surface area contributed by atoms with Gasteiger partial charge in [-0.05, 0) is 31.5 Å². The van der Waals surface area contributed by atoms with Crippen LogP contribution in [0.3, 0.4) is 0 Å². The highest BCUT2D eigenvalue weighted by Crippen LogP contribution is 2.20. The molecule has 18 heavy (non-hydrogen) atoms. The van der Waals surface area contributed by atoms with Crippen LogP contribution in [0.25, 0.3) is 0 Å². The SMILES string of the molecule is Fc1ccccc1N1CCN(CCCCBr)CC1. The Kier molecular flexibility index (Phi) is 5.45. The van der Waals surface area contributed by atoms with Crippen LogP contribution in [-0.2, 0) is 0 Å². The second kappa shape index (κ2) is 7.10. The van der Waals surface area contributed by atoms with Gasteiger partial charge in [-0.1, -0.05) is 28.1 Å². The van der Waals surface area contributed by atoms with Crippen LogP contribution in [0.5, 0.6) is 0 Å². The normalized spacial score (nSPS) is 17.1. The quantitative estimate of drug-likeness (QED) is 0.608. The highest BCUT2D eigenvalue weighted by atomic mass is 79.9. The third-order valence-electron chi connectivity index (χ3n) is 3.42. The molecule has 2 nitrogen and oxygen atoms in total. The van der Waals surface area contributed by atoms with Gasteiger partial charge < -0.3 is 4.90 Å². The highest BCUT2D eigenvalue weighted by Gasteiger charge is 2.18. The lowest BCUT2D eigenvalue weighted by Gasteiger charge is -2.36. The Hall–Kier alpha value is -0.610. The summed E-state index contributed by atoms with van der Waals surface area (Å²) in [6, 6.07) is 7.06. The number of hydrogen-bond donors (Lipinski definition) is 0. The molecule has 1 fully saturated rings. The third kappa shape index (κ3) is 3.69. The molecule has 0 aliphatic carbocycles. The van der Waals surface area contributed by atoms with E-state index in [0.717, 1.165) is 43.7 Å². The molecule has 100 valence electrons. The smallest absolute Gasteiger partial charge is 0.146 e. The summed E-state index contributed by atoms with van der Waals surface area (Å²) in [5.41, 5.74) is 0.748. The number of hydrogen-bond acceptors (Lipinski definition) is 2. The summed E-state index contributed by atoms with van der Waals surface area (Å²) in [5, 5.41) is 1.09. The molecule has 2 rings (SSSR count). The average molecular weight is 315 g/mol. The van der Waals surface area contributed by atoms with Crippen LogP contribution in [0, 0.1) is 5.82 Å². The number of piperazine rings is 1. The van der Waals surface area contributed by atoms with E-state index in [-0.39, 0.29) is 5.82 Å². The molecule has 0 atom stereocenters. The fourth-order valence-electron chi connectivity index (χ4n) is 2.35. The molecule has 1 aromatic rings. The minimum Gasteiger partial charge on any atom is -0.367 e. The van der Waals surface area contributed by atoms with Gasteiger partial charge >= 0.3 is 0 Å². The topological polar surface area (TPSA) is 6.48 Å². The fraction of sp³-hybridized carbons (Fsp3) is 0.571. The predicted octanol–water partition coefficient (Wildman–Crippen LogP) is 3.12. The first-order valence-electron chi connectivity index (χ1n) is 6.59. The molecular weight excluding hydrogens is 295 g/mol. The van der Waals surface area contributed by atoms with Crippen LogP contribution in [0.2, 0.25) is 0 Å². The number of nitrogens with zero attached hydrogens (tertiary/aromatic N) is 2. The lowest BCUT2D eigenvalue weighted by molar-refractivity contribution is 0.254. The van der Waals surface area contributed by atoms with Gasteiger partial charge in [-0.15, -0.1) is 0 Å². The van der Waals surface area contributed by atoms with Crippen molar-refractivity contribution in [1.82, 2.24) is 4.90 Å². The summed E-state index contributed by atoms with van der Waals surface area (Å²) in [4.78, 5) is 4.62. The molecular formula is C14H20BrFN2. The van der Waals surface area contributed by atoms with E-state index in [1.807, 2.05) is 12.1 Å². The summed E-state index contributed by atoms with van der Waals surface area (Å²) in [5.74, 6) is -0.106. The third-order valence-corrected chi connectivity index (χ3v) is 3.98. The number of alkyl halides is 1. The Morgan fingerprint density at radius 2 is 1.78 bits per heavy atom. The molecule has 1 aliphatic heterocycles. The van der Waals surface area contributed by atoms with Crippen molar-refractivity contribution in [2.24, 2.45) is 0 Å². The fourth-order valence-corrected chi connectivity index (χ4v) is 2.75. The number of para-hydroxylation sites is 1. The Morgan fingerprint density at radius 1 is 1.06 bits per heavy atom. The highest BCUT2D eigenvalue weighted by molar-refractivity contribution is 9.09. The maximum absolute atomic E-state index is 13.7. The van der Waals surface area contributed by atoms with Crippen molar-refractivity contribution >= 4 is 21.6 Å². The number of unbranched alkanes of at least 4 members (excludes halogenated alkanes) is 1. The molecule has 1 heterocycles. The molecule has 0 radical (unpaired) electrons. The number of rotatable bonds is 5. The minimum atomic E-state index is -0.106. The van der Waals surface area contributed by atoms with E-state index in [2.05, 4.69) is 25.7 Å². The molecule has 4 heteroatoms. The maximum Gasteiger partial charge on any atom is 0.146 e. The molecule has 1 aromatic carbocycles. The summed E-state index contributed by atoms with van der Waals surface area (Å²) in [7, 11) is 0. The van der Waals surface area contributed by atoms with E-state index in [9.17, 15) is 4.39 Å². The van der Waals surface area contributed by atoms with E-state index < -0.39 is 0 Å². The average Bonchev–Trinajstić information content (AvgIpc) is 2.41. The van der Waals surface area contributed by atoms with Gasteiger partial charge in [-0.3, -0.25) is 4.90 Å². The molecule has 0 saturated carbocycles. The van der Waals surface area contributed by atoms with Gasteiger partial charge in [0.1, 0.15) is 5.82 Å². The minimum absolute atomic E-state index is 0.106. The van der Waals surface area contributed by atoms with Gasteiger partial charge in [-0.25, -0.2) is 4.39 Å². The van der Waals surface area contributed by atoms with E-state index >= 15 is 0 Å². The molecule has 0 aromatic heterocycles. The number of anilines is 1. The Bertz CT molecular complexity index is 365. The lowest BCUT2D eigenvalue weighted by Crippen LogP contribution is -2.46. The Morgan fingerprint density at radius 3 is 2.44 bits per heavy atom.